The SMILES string of the molecule is CN(CC1CCCCC1)C(=O)c1csc(-c2cnn(-c3ccccc3)c2)n1. The lowest BCUT2D eigenvalue weighted by Gasteiger charge is -2.26. The van der Waals surface area contributed by atoms with Crippen LogP contribution in [0.25, 0.3) is 16.3 Å². The van der Waals surface area contributed by atoms with Crippen LogP contribution in [0.1, 0.15) is 42.6 Å². The Morgan fingerprint density at radius 1 is 1.22 bits per heavy atom. The number of hydrogen-bond donors (Lipinski definition) is 0. The third-order valence-corrected chi connectivity index (χ3v) is 6.07. The predicted octanol–water partition coefficient (Wildman–Crippen LogP) is 4.65. The van der Waals surface area contributed by atoms with Crippen LogP contribution in [0.4, 0.5) is 0 Å². The maximum atomic E-state index is 12.7. The van der Waals surface area contributed by atoms with Gasteiger partial charge >= 0.3 is 0 Å². The van der Waals surface area contributed by atoms with Gasteiger partial charge in [0, 0.05) is 30.7 Å². The van der Waals surface area contributed by atoms with Crippen molar-refractivity contribution in [2.45, 2.75) is 32.1 Å². The summed E-state index contributed by atoms with van der Waals surface area (Å²) in [7, 11) is 1.89. The largest absolute Gasteiger partial charge is 0.340 e. The van der Waals surface area contributed by atoms with Crippen molar-refractivity contribution in [2.75, 3.05) is 13.6 Å². The lowest BCUT2D eigenvalue weighted by molar-refractivity contribution is 0.0755. The molecule has 1 aromatic carbocycles. The Labute approximate surface area is 163 Å². The number of carbonyl (C=O) groups excluding carboxylic acids is 1. The summed E-state index contributed by atoms with van der Waals surface area (Å²) in [4.78, 5) is 19.2. The molecule has 0 saturated heterocycles. The van der Waals surface area contributed by atoms with Gasteiger partial charge in [-0.3, -0.25) is 4.79 Å². The van der Waals surface area contributed by atoms with E-state index in [0.717, 1.165) is 22.8 Å². The van der Waals surface area contributed by atoms with Gasteiger partial charge in [-0.05, 0) is 30.9 Å². The van der Waals surface area contributed by atoms with E-state index >= 15 is 0 Å². The number of hydrogen-bond acceptors (Lipinski definition) is 4. The molecular weight excluding hydrogens is 356 g/mol. The van der Waals surface area contributed by atoms with Crippen LogP contribution >= 0.6 is 11.3 Å². The fraction of sp³-hybridized carbons (Fsp3) is 0.381. The van der Waals surface area contributed by atoms with Gasteiger partial charge in [0.05, 0.1) is 11.9 Å². The zero-order valence-electron chi connectivity index (χ0n) is 15.5. The van der Waals surface area contributed by atoms with Crippen molar-refractivity contribution >= 4 is 17.2 Å². The first kappa shape index (κ1) is 17.9. The van der Waals surface area contributed by atoms with E-state index in [1.54, 1.807) is 6.20 Å². The number of benzene rings is 1. The summed E-state index contributed by atoms with van der Waals surface area (Å²) in [5.41, 5.74) is 2.46. The van der Waals surface area contributed by atoms with E-state index in [2.05, 4.69) is 10.1 Å². The smallest absolute Gasteiger partial charge is 0.273 e. The Bertz CT molecular complexity index is 896. The molecule has 27 heavy (non-hydrogen) atoms. The van der Waals surface area contributed by atoms with E-state index in [1.807, 2.05) is 58.5 Å². The van der Waals surface area contributed by atoms with Gasteiger partial charge in [-0.25, -0.2) is 9.67 Å². The van der Waals surface area contributed by atoms with E-state index in [1.165, 1.54) is 43.4 Å². The average molecular weight is 381 g/mol. The topological polar surface area (TPSA) is 51.0 Å². The molecule has 0 N–H and O–H groups in total. The van der Waals surface area contributed by atoms with Crippen LogP contribution in [-0.4, -0.2) is 39.2 Å². The molecule has 0 bridgehead atoms. The summed E-state index contributed by atoms with van der Waals surface area (Å²) in [6.45, 7) is 0.831. The van der Waals surface area contributed by atoms with Crippen molar-refractivity contribution in [3.8, 4) is 16.3 Å². The summed E-state index contributed by atoms with van der Waals surface area (Å²) in [5, 5.41) is 7.10. The van der Waals surface area contributed by atoms with Gasteiger partial charge in [0.1, 0.15) is 10.7 Å². The molecule has 3 aromatic rings. The second-order valence-corrected chi connectivity index (χ2v) is 8.09. The lowest BCUT2D eigenvalue weighted by atomic mass is 9.89. The number of carbonyl (C=O) groups is 1. The number of nitrogens with zero attached hydrogens (tertiary/aromatic N) is 4. The minimum absolute atomic E-state index is 0.0125. The van der Waals surface area contributed by atoms with Crippen molar-refractivity contribution in [3.63, 3.8) is 0 Å². The molecule has 0 spiro atoms. The molecule has 1 fully saturated rings. The highest BCUT2D eigenvalue weighted by atomic mass is 32.1. The summed E-state index contributed by atoms with van der Waals surface area (Å²) in [6, 6.07) is 9.97. The highest BCUT2D eigenvalue weighted by molar-refractivity contribution is 7.13. The van der Waals surface area contributed by atoms with Crippen LogP contribution in [0.15, 0.2) is 48.1 Å². The van der Waals surface area contributed by atoms with Crippen molar-refractivity contribution in [3.05, 3.63) is 53.8 Å². The number of para-hydroxylation sites is 1. The van der Waals surface area contributed by atoms with Gasteiger partial charge in [0.2, 0.25) is 0 Å². The predicted molar refractivity (Wildman–Crippen MR) is 108 cm³/mol. The number of rotatable bonds is 5. The quantitative estimate of drug-likeness (QED) is 0.647. The van der Waals surface area contributed by atoms with Gasteiger partial charge < -0.3 is 4.90 Å². The summed E-state index contributed by atoms with van der Waals surface area (Å²) >= 11 is 1.49. The second kappa shape index (κ2) is 8.05. The minimum Gasteiger partial charge on any atom is -0.340 e. The zero-order chi connectivity index (χ0) is 18.6. The summed E-state index contributed by atoms with van der Waals surface area (Å²) in [6.07, 6.45) is 10.1. The molecule has 2 heterocycles. The van der Waals surface area contributed by atoms with Crippen LogP contribution in [0.3, 0.4) is 0 Å². The first-order chi connectivity index (χ1) is 13.2. The van der Waals surface area contributed by atoms with Crippen molar-refractivity contribution in [2.24, 2.45) is 5.92 Å². The van der Waals surface area contributed by atoms with Gasteiger partial charge in [0.15, 0.2) is 0 Å². The Kier molecular flexibility index (Phi) is 5.34. The third-order valence-electron chi connectivity index (χ3n) is 5.18. The van der Waals surface area contributed by atoms with Crippen molar-refractivity contribution in [1.82, 2.24) is 19.7 Å². The average Bonchev–Trinajstić information content (AvgIpc) is 3.38. The molecule has 5 nitrogen and oxygen atoms in total. The third kappa shape index (κ3) is 4.11. The van der Waals surface area contributed by atoms with E-state index in [4.69, 9.17) is 0 Å². The molecule has 0 unspecified atom stereocenters. The number of aromatic nitrogens is 3. The van der Waals surface area contributed by atoms with Crippen LogP contribution in [0, 0.1) is 5.92 Å². The molecule has 1 amide bonds. The molecule has 1 saturated carbocycles. The Hall–Kier alpha value is -2.47. The monoisotopic (exact) mass is 380 g/mol. The normalized spacial score (nSPS) is 15.0. The van der Waals surface area contributed by atoms with E-state index in [9.17, 15) is 4.79 Å². The molecule has 6 heteroatoms. The molecule has 1 aliphatic carbocycles. The van der Waals surface area contributed by atoms with Gasteiger partial charge in [-0.1, -0.05) is 37.5 Å². The van der Waals surface area contributed by atoms with E-state index in [0.29, 0.717) is 11.6 Å². The minimum atomic E-state index is 0.0125. The fourth-order valence-electron chi connectivity index (χ4n) is 3.70. The number of thiazole rings is 1. The van der Waals surface area contributed by atoms with E-state index in [-0.39, 0.29) is 5.91 Å². The lowest BCUT2D eigenvalue weighted by Crippen LogP contribution is -2.32. The van der Waals surface area contributed by atoms with Crippen molar-refractivity contribution in [1.29, 1.82) is 0 Å². The van der Waals surface area contributed by atoms with Crippen LogP contribution in [0.2, 0.25) is 0 Å². The Balaban J connectivity index is 1.45. The standard InChI is InChI=1S/C21H24N4OS/c1-24(13-16-8-4-2-5-9-16)21(26)19-15-27-20(23-19)17-12-22-25(14-17)18-10-6-3-7-11-18/h3,6-7,10-12,14-16H,2,4-5,8-9,13H2,1H3. The van der Waals surface area contributed by atoms with Gasteiger partial charge in [0.25, 0.3) is 5.91 Å². The summed E-state index contributed by atoms with van der Waals surface area (Å²) < 4.78 is 1.83. The van der Waals surface area contributed by atoms with E-state index < -0.39 is 0 Å². The molecule has 4 rings (SSSR count). The maximum Gasteiger partial charge on any atom is 0.273 e. The first-order valence-electron chi connectivity index (χ1n) is 9.52. The molecule has 2 aromatic heterocycles. The molecular formula is C21H24N4OS. The summed E-state index contributed by atoms with van der Waals surface area (Å²) in [5.74, 6) is 0.647. The highest BCUT2D eigenvalue weighted by Crippen LogP contribution is 2.26. The first-order valence-corrected chi connectivity index (χ1v) is 10.4. The molecule has 0 aliphatic heterocycles. The van der Waals surface area contributed by atoms with Crippen LogP contribution in [0.5, 0.6) is 0 Å². The zero-order valence-corrected chi connectivity index (χ0v) is 16.4. The molecule has 140 valence electrons. The Morgan fingerprint density at radius 2 is 2.00 bits per heavy atom. The molecule has 0 radical (unpaired) electrons. The van der Waals surface area contributed by atoms with Crippen LogP contribution < -0.4 is 0 Å². The highest BCUT2D eigenvalue weighted by Gasteiger charge is 2.21. The van der Waals surface area contributed by atoms with Gasteiger partial charge in [-0.2, -0.15) is 5.10 Å². The van der Waals surface area contributed by atoms with Gasteiger partial charge in [-0.15, -0.1) is 11.3 Å². The van der Waals surface area contributed by atoms with Crippen LogP contribution in [-0.2, 0) is 0 Å². The fourth-order valence-corrected chi connectivity index (χ4v) is 4.46. The maximum absolute atomic E-state index is 12.7. The Morgan fingerprint density at radius 3 is 2.78 bits per heavy atom. The molecule has 0 atom stereocenters. The second-order valence-electron chi connectivity index (χ2n) is 7.24. The molecule has 1 aliphatic rings. The number of amides is 1. The van der Waals surface area contributed by atoms with Crippen molar-refractivity contribution < 1.29 is 4.79 Å².